The molecule has 8 heteroatoms. The number of alkyl halides is 3. The first-order valence-electron chi connectivity index (χ1n) is 8.95. The number of carbonyl (C=O) groups excluding carboxylic acids is 2. The Kier molecular flexibility index (Phi) is 5.06. The number of ketones is 1. The molecule has 0 atom stereocenters. The van der Waals surface area contributed by atoms with E-state index >= 15 is 0 Å². The second-order valence-electron chi connectivity index (χ2n) is 7.53. The largest absolute Gasteiger partial charge is 0.423 e. The number of Topliss-reactive ketones (excluding diaryl/α,β-unsaturated/α-hetero) is 1. The van der Waals surface area contributed by atoms with Gasteiger partial charge in [-0.25, -0.2) is 4.98 Å². The highest BCUT2D eigenvalue weighted by atomic mass is 19.4. The molecule has 0 saturated carbocycles. The first-order chi connectivity index (χ1) is 13.5. The average molecular weight is 404 g/mol. The molecule has 0 saturated heterocycles. The summed E-state index contributed by atoms with van der Waals surface area (Å²) in [4.78, 5) is 34.0. The molecule has 0 fully saturated rings. The quantitative estimate of drug-likeness (QED) is 0.709. The van der Waals surface area contributed by atoms with Gasteiger partial charge in [-0.05, 0) is 19.9 Å². The number of nitrogens with zero attached hydrogens (tertiary/aromatic N) is 2. The van der Waals surface area contributed by atoms with Crippen LogP contribution < -0.4 is 0 Å². The molecule has 0 bridgehead atoms. The summed E-state index contributed by atoms with van der Waals surface area (Å²) in [5.74, 6) is -2.18. The van der Waals surface area contributed by atoms with E-state index in [1.165, 1.54) is 30.6 Å². The van der Waals surface area contributed by atoms with Gasteiger partial charge in [-0.2, -0.15) is 13.2 Å². The number of ether oxygens (including phenoxy) is 1. The SMILES string of the molecule is CC(C)C(=O)OC1=C(c2ccccc2C(F)(F)F)C(=O)C(C)(C)c2nccnc21. The number of benzene rings is 1. The van der Waals surface area contributed by atoms with Gasteiger partial charge >= 0.3 is 12.1 Å². The Hall–Kier alpha value is -3.03. The maximum absolute atomic E-state index is 13.7. The van der Waals surface area contributed by atoms with Crippen LogP contribution in [0.4, 0.5) is 13.2 Å². The van der Waals surface area contributed by atoms with Crippen LogP contribution in [0, 0.1) is 5.92 Å². The zero-order chi connectivity index (χ0) is 21.6. The first-order valence-corrected chi connectivity index (χ1v) is 8.95. The molecule has 1 aromatic heterocycles. The third-order valence-electron chi connectivity index (χ3n) is 4.70. The molecule has 1 aromatic carbocycles. The van der Waals surface area contributed by atoms with E-state index in [-0.39, 0.29) is 28.3 Å². The van der Waals surface area contributed by atoms with Crippen molar-refractivity contribution in [3.63, 3.8) is 0 Å². The summed E-state index contributed by atoms with van der Waals surface area (Å²) in [6.45, 7) is 6.27. The Morgan fingerprint density at radius 2 is 1.72 bits per heavy atom. The van der Waals surface area contributed by atoms with Crippen molar-refractivity contribution < 1.29 is 27.5 Å². The molecule has 1 heterocycles. The third kappa shape index (κ3) is 3.54. The molecule has 0 aliphatic heterocycles. The van der Waals surface area contributed by atoms with Crippen molar-refractivity contribution in [1.82, 2.24) is 9.97 Å². The number of carbonyl (C=O) groups is 2. The number of aromatic nitrogens is 2. The number of rotatable bonds is 3. The molecule has 5 nitrogen and oxygen atoms in total. The van der Waals surface area contributed by atoms with E-state index in [1.807, 2.05) is 0 Å². The van der Waals surface area contributed by atoms with Crippen molar-refractivity contribution in [1.29, 1.82) is 0 Å². The van der Waals surface area contributed by atoms with Crippen LogP contribution in [0.5, 0.6) is 0 Å². The topological polar surface area (TPSA) is 69.2 Å². The van der Waals surface area contributed by atoms with Gasteiger partial charge < -0.3 is 4.74 Å². The van der Waals surface area contributed by atoms with E-state index < -0.39 is 34.8 Å². The number of esters is 1. The average Bonchev–Trinajstić information content (AvgIpc) is 2.65. The maximum atomic E-state index is 13.7. The zero-order valence-electron chi connectivity index (χ0n) is 16.3. The van der Waals surface area contributed by atoms with Gasteiger partial charge in [-0.1, -0.05) is 32.0 Å². The van der Waals surface area contributed by atoms with Gasteiger partial charge in [0.05, 0.1) is 28.2 Å². The summed E-state index contributed by atoms with van der Waals surface area (Å²) in [6.07, 6.45) is -1.99. The lowest BCUT2D eigenvalue weighted by Gasteiger charge is -2.32. The summed E-state index contributed by atoms with van der Waals surface area (Å²) >= 11 is 0. The summed E-state index contributed by atoms with van der Waals surface area (Å²) in [6, 6.07) is 4.71. The van der Waals surface area contributed by atoms with E-state index in [9.17, 15) is 22.8 Å². The molecule has 0 N–H and O–H groups in total. The van der Waals surface area contributed by atoms with Crippen molar-refractivity contribution in [2.45, 2.75) is 39.3 Å². The molecule has 0 spiro atoms. The van der Waals surface area contributed by atoms with Crippen molar-refractivity contribution in [2.24, 2.45) is 5.92 Å². The minimum absolute atomic E-state index is 0.0816. The summed E-state index contributed by atoms with van der Waals surface area (Å²) < 4.78 is 46.4. The molecule has 3 rings (SSSR count). The fraction of sp³-hybridized carbons (Fsp3) is 0.333. The number of hydrogen-bond donors (Lipinski definition) is 0. The van der Waals surface area contributed by atoms with Crippen molar-refractivity contribution in [3.05, 3.63) is 59.2 Å². The molecule has 152 valence electrons. The van der Waals surface area contributed by atoms with Gasteiger partial charge in [0.1, 0.15) is 5.69 Å². The third-order valence-corrected chi connectivity index (χ3v) is 4.70. The molecule has 2 aromatic rings. The van der Waals surface area contributed by atoms with E-state index in [4.69, 9.17) is 4.74 Å². The second kappa shape index (κ2) is 7.09. The predicted molar refractivity (Wildman–Crippen MR) is 99.3 cm³/mol. The Labute approximate surface area is 165 Å². The monoisotopic (exact) mass is 404 g/mol. The molecule has 0 radical (unpaired) electrons. The number of hydrogen-bond acceptors (Lipinski definition) is 5. The molecule has 0 amide bonds. The zero-order valence-corrected chi connectivity index (χ0v) is 16.3. The highest BCUT2D eigenvalue weighted by molar-refractivity contribution is 6.32. The molecular formula is C21H19F3N2O3. The van der Waals surface area contributed by atoms with Crippen LogP contribution in [0.1, 0.15) is 50.2 Å². The van der Waals surface area contributed by atoms with Crippen LogP contribution in [0.2, 0.25) is 0 Å². The van der Waals surface area contributed by atoms with Crippen LogP contribution in [0.15, 0.2) is 36.7 Å². The van der Waals surface area contributed by atoms with Crippen LogP contribution in [-0.2, 0) is 25.9 Å². The first kappa shape index (κ1) is 20.7. The van der Waals surface area contributed by atoms with Crippen LogP contribution >= 0.6 is 0 Å². The molecule has 0 unspecified atom stereocenters. The molecule has 29 heavy (non-hydrogen) atoms. The molecule has 1 aliphatic carbocycles. The minimum Gasteiger partial charge on any atom is -0.423 e. The van der Waals surface area contributed by atoms with Crippen LogP contribution in [0.3, 0.4) is 0 Å². The Morgan fingerprint density at radius 1 is 1.10 bits per heavy atom. The second-order valence-corrected chi connectivity index (χ2v) is 7.53. The Bertz CT molecular complexity index is 1020. The van der Waals surface area contributed by atoms with Crippen molar-refractivity contribution >= 4 is 23.1 Å². The fourth-order valence-corrected chi connectivity index (χ4v) is 3.11. The molecule has 1 aliphatic rings. The number of allylic oxidation sites excluding steroid dienone is 1. The highest BCUT2D eigenvalue weighted by Crippen LogP contribution is 2.45. The number of fused-ring (bicyclic) bond motifs is 1. The Balaban J connectivity index is 2.40. The van der Waals surface area contributed by atoms with Gasteiger partial charge in [0.25, 0.3) is 0 Å². The van der Waals surface area contributed by atoms with Gasteiger partial charge in [0.2, 0.25) is 0 Å². The van der Waals surface area contributed by atoms with Gasteiger partial charge in [0, 0.05) is 18.0 Å². The predicted octanol–water partition coefficient (Wildman–Crippen LogP) is 4.42. The normalized spacial score (nSPS) is 16.1. The summed E-state index contributed by atoms with van der Waals surface area (Å²) in [5.41, 5.74) is -2.62. The van der Waals surface area contributed by atoms with E-state index in [0.29, 0.717) is 0 Å². The smallest absolute Gasteiger partial charge is 0.417 e. The maximum Gasteiger partial charge on any atom is 0.417 e. The lowest BCUT2D eigenvalue weighted by molar-refractivity contribution is -0.140. The van der Waals surface area contributed by atoms with E-state index in [1.54, 1.807) is 27.7 Å². The highest BCUT2D eigenvalue weighted by Gasteiger charge is 2.46. The lowest BCUT2D eigenvalue weighted by Crippen LogP contribution is -2.37. The van der Waals surface area contributed by atoms with Crippen molar-refractivity contribution in [2.75, 3.05) is 0 Å². The van der Waals surface area contributed by atoms with E-state index in [0.717, 1.165) is 6.07 Å². The van der Waals surface area contributed by atoms with Gasteiger partial charge in [0.15, 0.2) is 11.5 Å². The summed E-state index contributed by atoms with van der Waals surface area (Å²) in [7, 11) is 0. The van der Waals surface area contributed by atoms with Gasteiger partial charge in [-0.3, -0.25) is 14.6 Å². The number of halogens is 3. The summed E-state index contributed by atoms with van der Waals surface area (Å²) in [5, 5.41) is 0. The minimum atomic E-state index is -4.70. The lowest BCUT2D eigenvalue weighted by atomic mass is 9.73. The Morgan fingerprint density at radius 3 is 2.34 bits per heavy atom. The van der Waals surface area contributed by atoms with Crippen LogP contribution in [-0.4, -0.2) is 21.7 Å². The van der Waals surface area contributed by atoms with Gasteiger partial charge in [-0.15, -0.1) is 0 Å². The van der Waals surface area contributed by atoms with Crippen LogP contribution in [0.25, 0.3) is 11.3 Å². The fourth-order valence-electron chi connectivity index (χ4n) is 3.11. The standard InChI is InChI=1S/C21H19F3N2O3/c1-11(2)19(28)29-16-14(12-7-5-6-8-13(12)21(22,23)24)18(27)20(3,4)17-15(16)25-9-10-26-17/h5-11H,1-4H3. The molecular weight excluding hydrogens is 385 g/mol. The van der Waals surface area contributed by atoms with Crippen molar-refractivity contribution in [3.8, 4) is 0 Å². The van der Waals surface area contributed by atoms with E-state index in [2.05, 4.69) is 9.97 Å².